The minimum Gasteiger partial charge on any atom is -0.377 e. The largest absolute Gasteiger partial charge is 0.377 e. The number of anilines is 1. The molecule has 0 N–H and O–H groups in total. The monoisotopic (exact) mass is 543 g/mol. The molecule has 4 heteroatoms. The predicted molar refractivity (Wildman–Crippen MR) is 163 cm³/mol. The van der Waals surface area contributed by atoms with Crippen molar-refractivity contribution in [3.63, 3.8) is 0 Å². The molecule has 40 heavy (non-hydrogen) atoms. The van der Waals surface area contributed by atoms with Gasteiger partial charge in [-0.05, 0) is 113 Å². The van der Waals surface area contributed by atoms with E-state index in [0.717, 1.165) is 64.8 Å². The zero-order valence-electron chi connectivity index (χ0n) is 26.6. The van der Waals surface area contributed by atoms with Crippen molar-refractivity contribution in [3.05, 3.63) is 50.6 Å². The molecular formula is C36H49NO3. The summed E-state index contributed by atoms with van der Waals surface area (Å²) in [5.74, 6) is -0.159. The lowest BCUT2D eigenvalue weighted by Crippen LogP contribution is -2.57. The maximum absolute atomic E-state index is 14.8. The van der Waals surface area contributed by atoms with Crippen molar-refractivity contribution in [2.45, 2.75) is 113 Å². The van der Waals surface area contributed by atoms with Crippen molar-refractivity contribution in [1.29, 1.82) is 0 Å². The Bertz CT molecular complexity index is 1400. The molecule has 3 unspecified atom stereocenters. The first kappa shape index (κ1) is 29.0. The van der Waals surface area contributed by atoms with Crippen molar-refractivity contribution in [1.82, 2.24) is 0 Å². The molecule has 0 heterocycles. The molecule has 1 saturated carbocycles. The lowest BCUT2D eigenvalue weighted by molar-refractivity contribution is -0.134. The number of fused-ring (bicyclic) bond motifs is 3. The van der Waals surface area contributed by atoms with E-state index in [1.54, 1.807) is 0 Å². The Morgan fingerprint density at radius 3 is 2.17 bits per heavy atom. The van der Waals surface area contributed by atoms with E-state index in [2.05, 4.69) is 52.8 Å². The topological polar surface area (TPSA) is 54.5 Å². The SMILES string of the molecule is CC(=O)C1=C(C)CC2(C)CC3(C)Cc4c(N(C)C)cc(CCC5(C)CCCC5)c(C)c4C(=O)C3=C(C)C2(C)C1=O. The molecule has 1 aromatic rings. The summed E-state index contributed by atoms with van der Waals surface area (Å²) in [5.41, 5.74) is 7.31. The first-order valence-electron chi connectivity index (χ1n) is 15.3. The van der Waals surface area contributed by atoms with Gasteiger partial charge in [-0.2, -0.15) is 0 Å². The van der Waals surface area contributed by atoms with E-state index in [9.17, 15) is 14.4 Å². The highest BCUT2D eigenvalue weighted by atomic mass is 16.2. The van der Waals surface area contributed by atoms with Gasteiger partial charge < -0.3 is 4.90 Å². The number of benzene rings is 1. The molecule has 4 aliphatic carbocycles. The Morgan fingerprint density at radius 1 is 0.975 bits per heavy atom. The molecule has 0 aromatic heterocycles. The van der Waals surface area contributed by atoms with Crippen molar-refractivity contribution in [3.8, 4) is 0 Å². The third-order valence-corrected chi connectivity index (χ3v) is 11.9. The third-order valence-electron chi connectivity index (χ3n) is 11.9. The van der Waals surface area contributed by atoms with Gasteiger partial charge in [0.25, 0.3) is 0 Å². The van der Waals surface area contributed by atoms with Gasteiger partial charge in [0, 0.05) is 36.3 Å². The van der Waals surface area contributed by atoms with E-state index in [0.29, 0.717) is 17.4 Å². The molecular weight excluding hydrogens is 494 g/mol. The van der Waals surface area contributed by atoms with Crippen LogP contribution in [0.3, 0.4) is 0 Å². The maximum Gasteiger partial charge on any atom is 0.190 e. The summed E-state index contributed by atoms with van der Waals surface area (Å²) in [4.78, 5) is 43.7. The second-order valence-corrected chi connectivity index (χ2v) is 15.1. The number of rotatable bonds is 5. The minimum atomic E-state index is -0.873. The summed E-state index contributed by atoms with van der Waals surface area (Å²) < 4.78 is 0. The van der Waals surface area contributed by atoms with Gasteiger partial charge in [0.1, 0.15) is 0 Å². The summed E-state index contributed by atoms with van der Waals surface area (Å²) in [6.07, 6.45) is 9.60. The fourth-order valence-corrected chi connectivity index (χ4v) is 9.59. The number of hydrogen-bond donors (Lipinski definition) is 0. The first-order chi connectivity index (χ1) is 18.5. The quantitative estimate of drug-likeness (QED) is 0.354. The van der Waals surface area contributed by atoms with Crippen LogP contribution in [0.1, 0.15) is 120 Å². The number of carbonyl (C=O) groups excluding carboxylic acids is 3. The first-order valence-corrected chi connectivity index (χ1v) is 15.3. The van der Waals surface area contributed by atoms with Crippen molar-refractivity contribution < 1.29 is 14.4 Å². The van der Waals surface area contributed by atoms with E-state index in [1.165, 1.54) is 38.2 Å². The number of ketones is 3. The molecule has 0 amide bonds. The number of nitrogens with zero attached hydrogens (tertiary/aromatic N) is 1. The van der Waals surface area contributed by atoms with Gasteiger partial charge in [0.2, 0.25) is 0 Å². The molecule has 216 valence electrons. The Balaban J connectivity index is 1.68. The van der Waals surface area contributed by atoms with E-state index in [4.69, 9.17) is 0 Å². The predicted octanol–water partition coefficient (Wildman–Crippen LogP) is 7.93. The molecule has 5 rings (SSSR count). The standard InChI is InChI=1S/C36H49NO3/c1-21-18-35(7)20-34(6)19-26-27(37(9)10)17-25(13-16-33(5)14-11-12-15-33)22(2)29(26)31(39)30(34)23(3)36(35,8)32(40)28(21)24(4)38/h17H,11-16,18-20H2,1-10H3. The number of hydrogen-bond acceptors (Lipinski definition) is 4. The second-order valence-electron chi connectivity index (χ2n) is 15.1. The van der Waals surface area contributed by atoms with E-state index < -0.39 is 5.41 Å². The summed E-state index contributed by atoms with van der Waals surface area (Å²) in [6, 6.07) is 2.36. The molecule has 4 nitrogen and oxygen atoms in total. The van der Waals surface area contributed by atoms with Crippen LogP contribution in [0.25, 0.3) is 0 Å². The number of aryl methyl sites for hydroxylation is 1. The highest BCUT2D eigenvalue weighted by molar-refractivity contribution is 6.24. The molecule has 0 saturated heterocycles. The van der Waals surface area contributed by atoms with Gasteiger partial charge in [-0.25, -0.2) is 0 Å². The smallest absolute Gasteiger partial charge is 0.190 e. The zero-order chi connectivity index (χ0) is 29.6. The fourth-order valence-electron chi connectivity index (χ4n) is 9.59. The average Bonchev–Trinajstić information content (AvgIpc) is 3.26. The van der Waals surface area contributed by atoms with Crippen LogP contribution in [0.2, 0.25) is 0 Å². The normalized spacial score (nSPS) is 31.2. The summed E-state index contributed by atoms with van der Waals surface area (Å²) >= 11 is 0. The van der Waals surface area contributed by atoms with Crippen LogP contribution in [0, 0.1) is 28.6 Å². The molecule has 0 radical (unpaired) electrons. The van der Waals surface area contributed by atoms with Crippen molar-refractivity contribution in [2.75, 3.05) is 19.0 Å². The fraction of sp³-hybridized carbons (Fsp3) is 0.639. The zero-order valence-corrected chi connectivity index (χ0v) is 26.6. The Hall–Kier alpha value is -2.49. The van der Waals surface area contributed by atoms with Crippen LogP contribution >= 0.6 is 0 Å². The Kier molecular flexibility index (Phi) is 6.72. The van der Waals surface area contributed by atoms with Crippen molar-refractivity contribution >= 4 is 23.0 Å². The van der Waals surface area contributed by atoms with Gasteiger partial charge >= 0.3 is 0 Å². The molecule has 4 aliphatic rings. The second kappa shape index (κ2) is 9.26. The minimum absolute atomic E-state index is 0.0962. The van der Waals surface area contributed by atoms with E-state index in [-0.39, 0.29) is 28.2 Å². The van der Waals surface area contributed by atoms with E-state index in [1.807, 2.05) is 20.8 Å². The third kappa shape index (κ3) is 3.95. The van der Waals surface area contributed by atoms with Gasteiger partial charge in [0.05, 0.1) is 11.0 Å². The van der Waals surface area contributed by atoms with Gasteiger partial charge in [-0.3, -0.25) is 14.4 Å². The van der Waals surface area contributed by atoms with Gasteiger partial charge in [-0.1, -0.05) is 44.8 Å². The molecule has 1 fully saturated rings. The molecule has 0 spiro atoms. The van der Waals surface area contributed by atoms with Crippen LogP contribution in [0.15, 0.2) is 28.4 Å². The van der Waals surface area contributed by atoms with Gasteiger partial charge in [-0.15, -0.1) is 0 Å². The highest BCUT2D eigenvalue weighted by Crippen LogP contribution is 2.66. The lowest BCUT2D eigenvalue weighted by atomic mass is 9.42. The summed E-state index contributed by atoms with van der Waals surface area (Å²) in [7, 11) is 4.18. The van der Waals surface area contributed by atoms with Gasteiger partial charge in [0.15, 0.2) is 17.3 Å². The van der Waals surface area contributed by atoms with Crippen LogP contribution in [0.5, 0.6) is 0 Å². The van der Waals surface area contributed by atoms with Crippen LogP contribution in [-0.4, -0.2) is 31.4 Å². The maximum atomic E-state index is 14.8. The Labute approximate surface area is 241 Å². The summed E-state index contributed by atoms with van der Waals surface area (Å²) in [5, 5.41) is 0. The Morgan fingerprint density at radius 2 is 1.60 bits per heavy atom. The van der Waals surface area contributed by atoms with Crippen LogP contribution in [0.4, 0.5) is 5.69 Å². The average molecular weight is 544 g/mol. The molecule has 0 aliphatic heterocycles. The summed E-state index contributed by atoms with van der Waals surface area (Å²) in [6.45, 7) is 16.5. The number of Topliss-reactive ketones (excluding diaryl/α,β-unsaturated/α-hetero) is 3. The number of carbonyl (C=O) groups is 3. The van der Waals surface area contributed by atoms with E-state index >= 15 is 0 Å². The van der Waals surface area contributed by atoms with Crippen molar-refractivity contribution in [2.24, 2.45) is 21.7 Å². The van der Waals surface area contributed by atoms with Crippen LogP contribution in [-0.2, 0) is 22.4 Å². The molecule has 1 aromatic carbocycles. The lowest BCUT2D eigenvalue weighted by Gasteiger charge is -2.59. The molecule has 3 atom stereocenters. The highest BCUT2D eigenvalue weighted by Gasteiger charge is 2.63. The molecule has 0 bridgehead atoms. The number of allylic oxidation sites excluding steroid dienone is 4. The van der Waals surface area contributed by atoms with Crippen LogP contribution < -0.4 is 4.90 Å².